The molecule has 3 unspecified atom stereocenters. The summed E-state index contributed by atoms with van der Waals surface area (Å²) in [6, 6.07) is 0. The molecule has 2 rings (SSSR count). The molecule has 3 atom stereocenters. The van der Waals surface area contributed by atoms with Crippen molar-refractivity contribution in [2.24, 2.45) is 11.8 Å². The predicted octanol–water partition coefficient (Wildman–Crippen LogP) is 0.757. The van der Waals surface area contributed by atoms with E-state index in [0.29, 0.717) is 5.92 Å². The van der Waals surface area contributed by atoms with Crippen LogP contribution in [-0.4, -0.2) is 23.8 Å². The van der Waals surface area contributed by atoms with Gasteiger partial charge in [-0.15, -0.1) is 0 Å². The molecular formula is C9H17NO. The average Bonchev–Trinajstić information content (AvgIpc) is 2.34. The fourth-order valence-electron chi connectivity index (χ4n) is 2.67. The van der Waals surface area contributed by atoms with Gasteiger partial charge in [0.05, 0.1) is 5.60 Å². The molecule has 1 aliphatic heterocycles. The Hall–Kier alpha value is -0.0800. The van der Waals surface area contributed by atoms with Crippen LogP contribution in [0.5, 0.6) is 0 Å². The maximum absolute atomic E-state index is 10.0. The molecule has 64 valence electrons. The molecule has 1 aliphatic carbocycles. The lowest BCUT2D eigenvalue weighted by Gasteiger charge is -2.38. The van der Waals surface area contributed by atoms with Crippen LogP contribution in [0.4, 0.5) is 0 Å². The molecule has 2 N–H and O–H groups in total. The fourth-order valence-corrected chi connectivity index (χ4v) is 2.67. The number of hydrogen-bond acceptors (Lipinski definition) is 2. The van der Waals surface area contributed by atoms with E-state index in [4.69, 9.17) is 0 Å². The third-order valence-corrected chi connectivity index (χ3v) is 3.40. The Morgan fingerprint density at radius 1 is 1.45 bits per heavy atom. The monoisotopic (exact) mass is 155 g/mol. The summed E-state index contributed by atoms with van der Waals surface area (Å²) in [6.45, 7) is 4.15. The minimum Gasteiger partial charge on any atom is -0.390 e. The topological polar surface area (TPSA) is 32.3 Å². The Morgan fingerprint density at radius 3 is 3.00 bits per heavy atom. The third-order valence-electron chi connectivity index (χ3n) is 3.40. The van der Waals surface area contributed by atoms with Crippen LogP contribution in [0.3, 0.4) is 0 Å². The summed E-state index contributed by atoms with van der Waals surface area (Å²) in [6.07, 6.45) is 3.51. The van der Waals surface area contributed by atoms with Crippen molar-refractivity contribution in [1.82, 2.24) is 5.32 Å². The van der Waals surface area contributed by atoms with Gasteiger partial charge in [-0.25, -0.2) is 0 Å². The van der Waals surface area contributed by atoms with E-state index in [1.807, 2.05) is 6.92 Å². The first-order chi connectivity index (χ1) is 5.20. The van der Waals surface area contributed by atoms with E-state index in [0.717, 1.165) is 25.4 Å². The number of nitrogens with one attached hydrogen (secondary N) is 1. The van der Waals surface area contributed by atoms with Crippen LogP contribution >= 0.6 is 0 Å². The summed E-state index contributed by atoms with van der Waals surface area (Å²) < 4.78 is 0. The highest BCUT2D eigenvalue weighted by Crippen LogP contribution is 2.39. The number of hydrogen-bond donors (Lipinski definition) is 2. The molecule has 0 aromatic carbocycles. The van der Waals surface area contributed by atoms with Crippen LogP contribution in [0.25, 0.3) is 0 Å². The average molecular weight is 155 g/mol. The summed E-state index contributed by atoms with van der Waals surface area (Å²) in [7, 11) is 0. The molecule has 0 spiro atoms. The maximum atomic E-state index is 10.0. The van der Waals surface area contributed by atoms with Gasteiger partial charge in [0.1, 0.15) is 0 Å². The van der Waals surface area contributed by atoms with E-state index in [2.05, 4.69) is 5.32 Å². The quantitative estimate of drug-likeness (QED) is 0.541. The molecule has 1 saturated carbocycles. The van der Waals surface area contributed by atoms with Gasteiger partial charge in [-0.1, -0.05) is 6.42 Å². The Balaban J connectivity index is 2.13. The maximum Gasteiger partial charge on any atom is 0.0663 e. The first kappa shape index (κ1) is 7.56. The van der Waals surface area contributed by atoms with Crippen molar-refractivity contribution in [3.8, 4) is 0 Å². The second kappa shape index (κ2) is 2.46. The Labute approximate surface area is 68.0 Å². The van der Waals surface area contributed by atoms with Crippen LogP contribution < -0.4 is 5.32 Å². The lowest BCUT2D eigenvalue weighted by molar-refractivity contribution is -0.0411. The standard InChI is InChI=1S/C9H17NO/c1-9(11)4-2-3-7-5-10-6-8(7)9/h7-8,10-11H,2-6H2,1H3. The molecule has 2 fully saturated rings. The molecule has 0 aromatic heterocycles. The second-order valence-corrected chi connectivity index (χ2v) is 4.27. The van der Waals surface area contributed by atoms with Crippen molar-refractivity contribution >= 4 is 0 Å². The number of fused-ring (bicyclic) bond motifs is 1. The van der Waals surface area contributed by atoms with E-state index >= 15 is 0 Å². The lowest BCUT2D eigenvalue weighted by Crippen LogP contribution is -2.42. The molecule has 2 nitrogen and oxygen atoms in total. The SMILES string of the molecule is CC1(O)CCCC2CNCC21. The molecule has 0 radical (unpaired) electrons. The van der Waals surface area contributed by atoms with Crippen molar-refractivity contribution in [3.63, 3.8) is 0 Å². The highest BCUT2D eigenvalue weighted by molar-refractivity contribution is 4.96. The van der Waals surface area contributed by atoms with Gasteiger partial charge in [0.25, 0.3) is 0 Å². The van der Waals surface area contributed by atoms with Crippen LogP contribution in [0.2, 0.25) is 0 Å². The van der Waals surface area contributed by atoms with Gasteiger partial charge < -0.3 is 10.4 Å². The third kappa shape index (κ3) is 1.18. The van der Waals surface area contributed by atoms with Gasteiger partial charge in [-0.2, -0.15) is 0 Å². The predicted molar refractivity (Wildman–Crippen MR) is 44.3 cm³/mol. The highest BCUT2D eigenvalue weighted by Gasteiger charge is 2.42. The van der Waals surface area contributed by atoms with E-state index in [-0.39, 0.29) is 5.60 Å². The molecule has 1 saturated heterocycles. The number of rotatable bonds is 0. The highest BCUT2D eigenvalue weighted by atomic mass is 16.3. The molecule has 0 bridgehead atoms. The zero-order valence-electron chi connectivity index (χ0n) is 7.14. The normalized spacial score (nSPS) is 50.7. The zero-order valence-corrected chi connectivity index (χ0v) is 7.14. The molecule has 0 aromatic rings. The van der Waals surface area contributed by atoms with Crippen molar-refractivity contribution in [2.45, 2.75) is 31.8 Å². The van der Waals surface area contributed by atoms with E-state index in [1.165, 1.54) is 12.8 Å². The van der Waals surface area contributed by atoms with Gasteiger partial charge in [0.2, 0.25) is 0 Å². The minimum absolute atomic E-state index is 0.383. The minimum atomic E-state index is -0.383. The van der Waals surface area contributed by atoms with Crippen molar-refractivity contribution in [1.29, 1.82) is 0 Å². The van der Waals surface area contributed by atoms with E-state index in [9.17, 15) is 5.11 Å². The fraction of sp³-hybridized carbons (Fsp3) is 1.00. The Bertz CT molecular complexity index is 156. The summed E-state index contributed by atoms with van der Waals surface area (Å²) in [4.78, 5) is 0. The smallest absolute Gasteiger partial charge is 0.0663 e. The molecular weight excluding hydrogens is 138 g/mol. The first-order valence-electron chi connectivity index (χ1n) is 4.63. The molecule has 1 heterocycles. The summed E-state index contributed by atoms with van der Waals surface area (Å²) in [5, 5.41) is 13.4. The number of aliphatic hydroxyl groups is 1. The summed E-state index contributed by atoms with van der Waals surface area (Å²) >= 11 is 0. The van der Waals surface area contributed by atoms with Crippen molar-refractivity contribution < 1.29 is 5.11 Å². The second-order valence-electron chi connectivity index (χ2n) is 4.27. The summed E-state index contributed by atoms with van der Waals surface area (Å²) in [5.74, 6) is 1.27. The van der Waals surface area contributed by atoms with Gasteiger partial charge in [-0.3, -0.25) is 0 Å². The molecule has 11 heavy (non-hydrogen) atoms. The van der Waals surface area contributed by atoms with Crippen LogP contribution in [0.15, 0.2) is 0 Å². The van der Waals surface area contributed by atoms with Gasteiger partial charge in [0.15, 0.2) is 0 Å². The molecule has 2 aliphatic rings. The van der Waals surface area contributed by atoms with Gasteiger partial charge in [-0.05, 0) is 32.2 Å². The van der Waals surface area contributed by atoms with Crippen molar-refractivity contribution in [3.05, 3.63) is 0 Å². The van der Waals surface area contributed by atoms with Crippen LogP contribution in [0.1, 0.15) is 26.2 Å². The van der Waals surface area contributed by atoms with E-state index < -0.39 is 0 Å². The summed E-state index contributed by atoms with van der Waals surface area (Å²) in [5.41, 5.74) is -0.383. The Morgan fingerprint density at radius 2 is 2.27 bits per heavy atom. The van der Waals surface area contributed by atoms with Crippen LogP contribution in [0, 0.1) is 11.8 Å². The molecule has 0 amide bonds. The van der Waals surface area contributed by atoms with Crippen molar-refractivity contribution in [2.75, 3.05) is 13.1 Å². The van der Waals surface area contributed by atoms with E-state index in [1.54, 1.807) is 0 Å². The van der Waals surface area contributed by atoms with Gasteiger partial charge >= 0.3 is 0 Å². The first-order valence-corrected chi connectivity index (χ1v) is 4.63. The van der Waals surface area contributed by atoms with Gasteiger partial charge in [0, 0.05) is 12.5 Å². The van der Waals surface area contributed by atoms with Crippen LogP contribution in [-0.2, 0) is 0 Å². The Kier molecular flexibility index (Phi) is 1.69. The molecule has 2 heteroatoms. The lowest BCUT2D eigenvalue weighted by atomic mass is 9.72. The largest absolute Gasteiger partial charge is 0.390 e. The zero-order chi connectivity index (χ0) is 7.90.